The summed E-state index contributed by atoms with van der Waals surface area (Å²) in [5.74, 6) is -2.42. The molecule has 3 aromatic rings. The van der Waals surface area contributed by atoms with E-state index in [1.807, 2.05) is 0 Å². The first kappa shape index (κ1) is 27.5. The Morgan fingerprint density at radius 3 is 2.00 bits per heavy atom. The fourth-order valence-electron chi connectivity index (χ4n) is 2.16. The predicted octanol–water partition coefficient (Wildman–Crippen LogP) is 5.72. The fraction of sp³-hybridized carbons (Fsp3) is 0.0833. The first-order chi connectivity index (χ1) is 16.1. The summed E-state index contributed by atoms with van der Waals surface area (Å²) in [5.41, 5.74) is 15.7. The number of carbonyl (C=O) groups excluding carboxylic acids is 1. The van der Waals surface area contributed by atoms with Crippen molar-refractivity contribution < 1.29 is 18.0 Å². The van der Waals surface area contributed by atoms with Crippen LogP contribution in [0.1, 0.15) is 0 Å². The number of rotatable bonds is 2. The second-order valence-electron chi connectivity index (χ2n) is 5.82. The van der Waals surface area contributed by atoms with Gasteiger partial charge in [0.25, 0.3) is 0 Å². The Labute approximate surface area is 198 Å². The molecule has 1 N–H and O–H groups in total. The largest absolute Gasteiger partial charge is 0.471 e. The third-order valence-corrected chi connectivity index (χ3v) is 3.77. The van der Waals surface area contributed by atoms with Crippen molar-refractivity contribution in [2.75, 3.05) is 5.32 Å². The molecule has 172 valence electrons. The lowest BCUT2D eigenvalue weighted by molar-refractivity contribution is -0.167. The lowest BCUT2D eigenvalue weighted by Crippen LogP contribution is -2.30. The molecule has 0 aliphatic carbocycles. The summed E-state index contributed by atoms with van der Waals surface area (Å²) >= 11 is 5.83. The van der Waals surface area contributed by atoms with Crippen molar-refractivity contribution in [2.45, 2.75) is 6.18 Å². The lowest BCUT2D eigenvalue weighted by atomic mass is 10.2. The molecule has 2 heterocycles. The summed E-state index contributed by atoms with van der Waals surface area (Å²) in [7, 11) is 1.49. The number of anilines is 1. The molecule has 0 saturated heterocycles. The summed E-state index contributed by atoms with van der Waals surface area (Å²) in [5, 5.41) is 6.09. The van der Waals surface area contributed by atoms with Crippen molar-refractivity contribution in [2.24, 2.45) is 7.05 Å². The standard InChI is InChI=1S/C14H9ClF3N5O.2C5H4/c1-23-12-10(11(22-23)21-13(24)14(16,17)18)19-6-9(20-12)7-2-4-8(15)5-3-7;2*1-3-5-4-2/h2-6H,1H3,(H,21,22,24);2*1-2H2. The van der Waals surface area contributed by atoms with Gasteiger partial charge in [0.1, 0.15) is 0 Å². The Morgan fingerprint density at radius 1 is 1.03 bits per heavy atom. The number of fused-ring (bicyclic) bond motifs is 1. The maximum atomic E-state index is 12.4. The zero-order chi connectivity index (χ0) is 25.7. The molecule has 0 fully saturated rings. The maximum absolute atomic E-state index is 12.4. The van der Waals surface area contributed by atoms with E-state index in [9.17, 15) is 18.0 Å². The lowest BCUT2D eigenvalue weighted by Gasteiger charge is -2.05. The van der Waals surface area contributed by atoms with Gasteiger partial charge in [0.2, 0.25) is 0 Å². The molecule has 0 saturated carbocycles. The van der Waals surface area contributed by atoms with Crippen LogP contribution in [-0.2, 0) is 11.8 Å². The molecule has 0 bridgehead atoms. The maximum Gasteiger partial charge on any atom is 0.471 e. The van der Waals surface area contributed by atoms with Crippen molar-refractivity contribution >= 4 is 34.5 Å². The quantitative estimate of drug-likeness (QED) is 0.473. The minimum atomic E-state index is -5.01. The molecule has 0 aliphatic heterocycles. The van der Waals surface area contributed by atoms with Gasteiger partial charge in [-0.25, -0.2) is 14.6 Å². The van der Waals surface area contributed by atoms with Crippen LogP contribution in [0.2, 0.25) is 5.02 Å². The van der Waals surface area contributed by atoms with Gasteiger partial charge in [0, 0.05) is 17.6 Å². The Bertz CT molecular complexity index is 1330. The van der Waals surface area contributed by atoms with Gasteiger partial charge in [-0.2, -0.15) is 18.3 Å². The fourth-order valence-corrected chi connectivity index (χ4v) is 2.29. The molecular formula is C24H17ClF3N5O. The highest BCUT2D eigenvalue weighted by atomic mass is 35.5. The Hall–Kier alpha value is -4.52. The molecule has 0 spiro atoms. The summed E-state index contributed by atoms with van der Waals surface area (Å²) < 4.78 is 38.3. The number of amides is 1. The number of nitrogens with zero attached hydrogens (tertiary/aromatic N) is 4. The molecule has 6 nitrogen and oxygen atoms in total. The van der Waals surface area contributed by atoms with E-state index >= 15 is 0 Å². The SMILES string of the molecule is C=C=C=C=C.C=C=C=C=C.Cn1nc(NC(=O)C(F)(F)F)c2ncc(-c3ccc(Cl)cc3)nc21. The zero-order valence-electron chi connectivity index (χ0n) is 17.9. The molecule has 10 heteroatoms. The normalized spacial score (nSPS) is 9.21. The van der Waals surface area contributed by atoms with E-state index in [0.29, 0.717) is 10.7 Å². The molecule has 1 aromatic carbocycles. The van der Waals surface area contributed by atoms with Gasteiger partial charge in [-0.05, 0) is 49.9 Å². The van der Waals surface area contributed by atoms with Crippen LogP contribution >= 0.6 is 11.6 Å². The number of halogens is 4. The molecular weight excluding hydrogens is 467 g/mol. The van der Waals surface area contributed by atoms with E-state index in [1.165, 1.54) is 17.9 Å². The number of aromatic nitrogens is 4. The van der Waals surface area contributed by atoms with Crippen molar-refractivity contribution in [1.82, 2.24) is 19.7 Å². The van der Waals surface area contributed by atoms with Crippen molar-refractivity contribution in [3.63, 3.8) is 0 Å². The van der Waals surface area contributed by atoms with E-state index in [-0.39, 0.29) is 17.0 Å². The van der Waals surface area contributed by atoms with Crippen LogP contribution in [0.4, 0.5) is 19.0 Å². The van der Waals surface area contributed by atoms with E-state index in [4.69, 9.17) is 11.6 Å². The molecule has 2 aromatic heterocycles. The minimum absolute atomic E-state index is 0.0628. The molecule has 0 atom stereocenters. The van der Waals surface area contributed by atoms with Gasteiger partial charge in [0.15, 0.2) is 17.0 Å². The van der Waals surface area contributed by atoms with E-state index < -0.39 is 12.1 Å². The van der Waals surface area contributed by atoms with Crippen LogP contribution in [0.3, 0.4) is 0 Å². The van der Waals surface area contributed by atoms with Crippen LogP contribution in [-0.4, -0.2) is 31.8 Å². The third kappa shape index (κ3) is 8.20. The van der Waals surface area contributed by atoms with Crippen LogP contribution in [0, 0.1) is 0 Å². The van der Waals surface area contributed by atoms with Gasteiger partial charge in [0.05, 0.1) is 11.9 Å². The molecule has 1 amide bonds. The first-order valence-corrected chi connectivity index (χ1v) is 9.39. The van der Waals surface area contributed by atoms with E-state index in [0.717, 1.165) is 5.56 Å². The van der Waals surface area contributed by atoms with Crippen molar-refractivity contribution in [3.05, 3.63) is 96.2 Å². The van der Waals surface area contributed by atoms with Crippen molar-refractivity contribution in [1.29, 1.82) is 0 Å². The Balaban J connectivity index is 0.000000489. The summed E-state index contributed by atoms with van der Waals surface area (Å²) in [6.07, 6.45) is -3.63. The number of carbonyl (C=O) groups is 1. The van der Waals surface area contributed by atoms with Crippen LogP contribution in [0.25, 0.3) is 22.4 Å². The van der Waals surface area contributed by atoms with Crippen LogP contribution < -0.4 is 5.32 Å². The highest BCUT2D eigenvalue weighted by Gasteiger charge is 2.39. The summed E-state index contributed by atoms with van der Waals surface area (Å²) in [6.45, 7) is 12.8. The number of hydrogen-bond donors (Lipinski definition) is 1. The summed E-state index contributed by atoms with van der Waals surface area (Å²) in [4.78, 5) is 19.5. The monoisotopic (exact) mass is 483 g/mol. The number of hydrogen-bond acceptors (Lipinski definition) is 4. The van der Waals surface area contributed by atoms with E-state index in [2.05, 4.69) is 75.8 Å². The van der Waals surface area contributed by atoms with Crippen LogP contribution in [0.15, 0.2) is 91.2 Å². The second-order valence-corrected chi connectivity index (χ2v) is 6.25. The highest BCUT2D eigenvalue weighted by Crippen LogP contribution is 2.25. The molecule has 34 heavy (non-hydrogen) atoms. The smallest absolute Gasteiger partial charge is 0.299 e. The third-order valence-electron chi connectivity index (χ3n) is 3.52. The average Bonchev–Trinajstić information content (AvgIpc) is 3.10. The highest BCUT2D eigenvalue weighted by molar-refractivity contribution is 6.30. The second kappa shape index (κ2) is 13.1. The van der Waals surface area contributed by atoms with Gasteiger partial charge in [-0.3, -0.25) is 10.1 Å². The minimum Gasteiger partial charge on any atom is -0.299 e. The van der Waals surface area contributed by atoms with Gasteiger partial charge in [-0.15, -0.1) is 0 Å². The molecule has 3 rings (SSSR count). The van der Waals surface area contributed by atoms with Crippen molar-refractivity contribution in [3.8, 4) is 11.3 Å². The van der Waals surface area contributed by atoms with E-state index in [1.54, 1.807) is 29.6 Å². The number of benzene rings is 1. The molecule has 0 radical (unpaired) electrons. The summed E-state index contributed by atoms with van der Waals surface area (Å²) in [6, 6.07) is 6.84. The number of alkyl halides is 3. The average molecular weight is 484 g/mol. The zero-order valence-corrected chi connectivity index (χ0v) is 18.7. The topological polar surface area (TPSA) is 72.7 Å². The Kier molecular flexibility index (Phi) is 10.6. The number of aryl methyl sites for hydroxylation is 1. The number of nitrogens with one attached hydrogen (secondary N) is 1. The molecule has 0 aliphatic rings. The van der Waals surface area contributed by atoms with Crippen LogP contribution in [0.5, 0.6) is 0 Å². The molecule has 0 unspecified atom stereocenters. The first-order valence-electron chi connectivity index (χ1n) is 9.01. The Morgan fingerprint density at radius 2 is 1.56 bits per heavy atom. The van der Waals surface area contributed by atoms with Gasteiger partial charge >= 0.3 is 12.1 Å². The predicted molar refractivity (Wildman–Crippen MR) is 125 cm³/mol. The van der Waals surface area contributed by atoms with Gasteiger partial charge in [-0.1, -0.05) is 46.7 Å². The van der Waals surface area contributed by atoms with Gasteiger partial charge < -0.3 is 0 Å².